The number of allylic oxidation sites excluding steroid dienone is 2. The van der Waals surface area contributed by atoms with Crippen LogP contribution in [0.25, 0.3) is 0 Å². The molecule has 2 heteroatoms. The van der Waals surface area contributed by atoms with Gasteiger partial charge in [0.1, 0.15) is 0 Å². The van der Waals surface area contributed by atoms with Crippen molar-refractivity contribution >= 4 is 0 Å². The maximum absolute atomic E-state index is 9.06. The summed E-state index contributed by atoms with van der Waals surface area (Å²) in [4.78, 5) is 0. The molecule has 0 heterocycles. The number of hydrogen-bond donors (Lipinski definition) is 2. The van der Waals surface area contributed by atoms with E-state index in [1.54, 1.807) is 6.08 Å². The van der Waals surface area contributed by atoms with Crippen LogP contribution >= 0.6 is 0 Å². The lowest BCUT2D eigenvalue weighted by Gasteiger charge is -1.96. The molecule has 2 N–H and O–H groups in total. The van der Waals surface area contributed by atoms with Crippen molar-refractivity contribution in [2.75, 3.05) is 6.61 Å². The summed E-state index contributed by atoms with van der Waals surface area (Å²) in [5.74, 6) is 0.455. The van der Waals surface area contributed by atoms with Crippen LogP contribution < -0.4 is 0 Å². The number of hydrogen-bond acceptors (Lipinski definition) is 2. The third-order valence-electron chi connectivity index (χ3n) is 1.28. The Morgan fingerprint density at radius 1 is 1.40 bits per heavy atom. The Balaban J connectivity index is 3.21. The predicted octanol–water partition coefficient (Wildman–Crippen LogP) is 2.00. The van der Waals surface area contributed by atoms with Gasteiger partial charge in [0.25, 0.3) is 0 Å². The number of aliphatic hydroxyl groups excluding tert-OH is 2. The van der Waals surface area contributed by atoms with Crippen molar-refractivity contribution in [2.45, 2.75) is 32.6 Å². The molecular formula is C8H16O2. The summed E-state index contributed by atoms with van der Waals surface area (Å²) in [5.41, 5.74) is 0. The van der Waals surface area contributed by atoms with E-state index < -0.39 is 0 Å². The molecule has 0 saturated heterocycles. The monoisotopic (exact) mass is 144 g/mol. The second-order valence-corrected chi connectivity index (χ2v) is 2.28. The molecule has 0 aromatic carbocycles. The van der Waals surface area contributed by atoms with Gasteiger partial charge in [0.05, 0.1) is 5.76 Å². The molecule has 0 unspecified atom stereocenters. The highest BCUT2D eigenvalue weighted by molar-refractivity contribution is 4.89. The van der Waals surface area contributed by atoms with Crippen molar-refractivity contribution in [3.8, 4) is 0 Å². The van der Waals surface area contributed by atoms with Crippen LogP contribution in [0, 0.1) is 0 Å². The molecule has 0 aromatic heterocycles. The van der Waals surface area contributed by atoms with E-state index in [0.29, 0.717) is 12.2 Å². The second kappa shape index (κ2) is 6.62. The van der Waals surface area contributed by atoms with Gasteiger partial charge in [-0.15, -0.1) is 0 Å². The van der Waals surface area contributed by atoms with E-state index in [-0.39, 0.29) is 6.61 Å². The van der Waals surface area contributed by atoms with Crippen LogP contribution in [0.2, 0.25) is 0 Å². The van der Waals surface area contributed by atoms with Gasteiger partial charge in [-0.05, 0) is 25.3 Å². The lowest BCUT2D eigenvalue weighted by molar-refractivity contribution is 0.279. The Morgan fingerprint density at radius 3 is 2.60 bits per heavy atom. The molecule has 0 aromatic rings. The maximum atomic E-state index is 9.06. The SMILES string of the molecule is CCC=C(O)CCCCO. The Bertz CT molecular complexity index is 97.4. The predicted molar refractivity (Wildman–Crippen MR) is 41.9 cm³/mol. The maximum Gasteiger partial charge on any atom is 0.0882 e. The van der Waals surface area contributed by atoms with E-state index >= 15 is 0 Å². The molecule has 2 nitrogen and oxygen atoms in total. The van der Waals surface area contributed by atoms with Crippen LogP contribution in [0.4, 0.5) is 0 Å². The zero-order valence-corrected chi connectivity index (χ0v) is 6.51. The van der Waals surface area contributed by atoms with Gasteiger partial charge in [0.15, 0.2) is 0 Å². The average molecular weight is 144 g/mol. The van der Waals surface area contributed by atoms with Crippen LogP contribution in [0.3, 0.4) is 0 Å². The first-order valence-corrected chi connectivity index (χ1v) is 3.80. The summed E-state index contributed by atoms with van der Waals surface area (Å²) in [5, 5.41) is 17.5. The van der Waals surface area contributed by atoms with Gasteiger partial charge in [-0.2, -0.15) is 0 Å². The normalized spacial score (nSPS) is 12.0. The zero-order chi connectivity index (χ0) is 7.82. The van der Waals surface area contributed by atoms with Crippen LogP contribution in [0.15, 0.2) is 11.8 Å². The summed E-state index contributed by atoms with van der Waals surface area (Å²) in [7, 11) is 0. The van der Waals surface area contributed by atoms with Crippen molar-refractivity contribution < 1.29 is 10.2 Å². The third kappa shape index (κ3) is 5.63. The van der Waals surface area contributed by atoms with E-state index in [1.807, 2.05) is 6.92 Å². The fourth-order valence-electron chi connectivity index (χ4n) is 0.756. The summed E-state index contributed by atoms with van der Waals surface area (Å²) in [6.45, 7) is 2.21. The average Bonchev–Trinajstić information content (AvgIpc) is 1.89. The molecule has 0 aliphatic rings. The Labute approximate surface area is 62.2 Å². The van der Waals surface area contributed by atoms with Crippen LogP contribution in [0.1, 0.15) is 32.6 Å². The van der Waals surface area contributed by atoms with Crippen molar-refractivity contribution in [3.05, 3.63) is 11.8 Å². The van der Waals surface area contributed by atoms with Gasteiger partial charge in [-0.3, -0.25) is 0 Å². The minimum Gasteiger partial charge on any atom is -0.513 e. The highest BCUT2D eigenvalue weighted by atomic mass is 16.3. The molecule has 0 aliphatic heterocycles. The molecule has 0 spiro atoms. The number of unbranched alkanes of at least 4 members (excludes halogenated alkanes) is 1. The summed E-state index contributed by atoms with van der Waals surface area (Å²) in [6.07, 6.45) is 5.04. The van der Waals surface area contributed by atoms with Gasteiger partial charge in [0, 0.05) is 13.0 Å². The Kier molecular flexibility index (Phi) is 6.29. The molecule has 0 saturated carbocycles. The number of aliphatic hydroxyl groups is 2. The Morgan fingerprint density at radius 2 is 2.10 bits per heavy atom. The second-order valence-electron chi connectivity index (χ2n) is 2.28. The van der Waals surface area contributed by atoms with E-state index in [9.17, 15) is 0 Å². The van der Waals surface area contributed by atoms with Gasteiger partial charge < -0.3 is 10.2 Å². The van der Waals surface area contributed by atoms with Gasteiger partial charge >= 0.3 is 0 Å². The zero-order valence-electron chi connectivity index (χ0n) is 6.51. The fourth-order valence-corrected chi connectivity index (χ4v) is 0.756. The molecule has 0 fully saturated rings. The van der Waals surface area contributed by atoms with E-state index in [0.717, 1.165) is 19.3 Å². The molecule has 0 amide bonds. The third-order valence-corrected chi connectivity index (χ3v) is 1.28. The topological polar surface area (TPSA) is 40.5 Å². The molecule has 0 radical (unpaired) electrons. The standard InChI is InChI=1S/C8H16O2/c1-2-5-8(10)6-3-4-7-9/h5,9-10H,2-4,6-7H2,1H3. The molecule has 0 rings (SSSR count). The molecular weight excluding hydrogens is 128 g/mol. The van der Waals surface area contributed by atoms with Crippen molar-refractivity contribution in [1.29, 1.82) is 0 Å². The highest BCUT2D eigenvalue weighted by Crippen LogP contribution is 2.03. The van der Waals surface area contributed by atoms with Crippen molar-refractivity contribution in [3.63, 3.8) is 0 Å². The number of rotatable bonds is 5. The minimum atomic E-state index is 0.222. The fraction of sp³-hybridized carbons (Fsp3) is 0.750. The van der Waals surface area contributed by atoms with Crippen molar-refractivity contribution in [1.82, 2.24) is 0 Å². The summed E-state index contributed by atoms with van der Waals surface area (Å²) < 4.78 is 0. The lowest BCUT2D eigenvalue weighted by Crippen LogP contribution is -1.85. The summed E-state index contributed by atoms with van der Waals surface area (Å²) in [6, 6.07) is 0. The molecule has 0 bridgehead atoms. The minimum absolute atomic E-state index is 0.222. The van der Waals surface area contributed by atoms with Gasteiger partial charge in [0.2, 0.25) is 0 Å². The van der Waals surface area contributed by atoms with E-state index in [1.165, 1.54) is 0 Å². The van der Waals surface area contributed by atoms with Crippen LogP contribution in [0.5, 0.6) is 0 Å². The quantitative estimate of drug-likeness (QED) is 0.457. The molecule has 10 heavy (non-hydrogen) atoms. The van der Waals surface area contributed by atoms with Gasteiger partial charge in [-0.1, -0.05) is 6.92 Å². The van der Waals surface area contributed by atoms with Crippen molar-refractivity contribution in [2.24, 2.45) is 0 Å². The largest absolute Gasteiger partial charge is 0.513 e. The molecule has 0 atom stereocenters. The first kappa shape index (κ1) is 9.50. The van der Waals surface area contributed by atoms with Crippen LogP contribution in [-0.4, -0.2) is 16.8 Å². The highest BCUT2D eigenvalue weighted by Gasteiger charge is 1.90. The summed E-state index contributed by atoms with van der Waals surface area (Å²) >= 11 is 0. The first-order chi connectivity index (χ1) is 4.81. The van der Waals surface area contributed by atoms with E-state index in [2.05, 4.69) is 0 Å². The van der Waals surface area contributed by atoms with Crippen LogP contribution in [-0.2, 0) is 0 Å². The van der Waals surface area contributed by atoms with Gasteiger partial charge in [-0.25, -0.2) is 0 Å². The Hall–Kier alpha value is -0.500. The first-order valence-electron chi connectivity index (χ1n) is 3.80. The molecule has 60 valence electrons. The smallest absolute Gasteiger partial charge is 0.0882 e. The lowest BCUT2D eigenvalue weighted by atomic mass is 10.2. The van der Waals surface area contributed by atoms with E-state index in [4.69, 9.17) is 10.2 Å². The molecule has 0 aliphatic carbocycles.